The van der Waals surface area contributed by atoms with Crippen molar-refractivity contribution in [2.75, 3.05) is 13.2 Å². The van der Waals surface area contributed by atoms with Crippen LogP contribution in [0.1, 0.15) is 11.5 Å². The van der Waals surface area contributed by atoms with E-state index in [1.54, 1.807) is 0 Å². The average Bonchev–Trinajstić information content (AvgIpc) is 3.01. The van der Waals surface area contributed by atoms with Crippen LogP contribution < -0.4 is 10.1 Å². The zero-order valence-corrected chi connectivity index (χ0v) is 14.1. The summed E-state index contributed by atoms with van der Waals surface area (Å²) in [6.07, 6.45) is 0.188. The number of aryl methyl sites for hydroxylation is 1. The maximum Gasteiger partial charge on any atom is 0.226 e. The fraction of sp³-hybridized carbons (Fsp3) is 0.200. The molecule has 0 fully saturated rings. The quantitative estimate of drug-likeness (QED) is 0.672. The SMILES string of the molecule is Cc1oc(-c2ccccc2)nc1CC(=O)NCCOc1ccccc1. The first-order chi connectivity index (χ1) is 12.2. The third kappa shape index (κ3) is 4.70. The van der Waals surface area contributed by atoms with Gasteiger partial charge in [-0.25, -0.2) is 4.98 Å². The zero-order chi connectivity index (χ0) is 17.5. The van der Waals surface area contributed by atoms with Gasteiger partial charge in [0, 0.05) is 5.56 Å². The lowest BCUT2D eigenvalue weighted by molar-refractivity contribution is -0.120. The summed E-state index contributed by atoms with van der Waals surface area (Å²) in [5.41, 5.74) is 1.55. The van der Waals surface area contributed by atoms with E-state index >= 15 is 0 Å². The summed E-state index contributed by atoms with van der Waals surface area (Å²) in [5, 5.41) is 2.83. The first kappa shape index (κ1) is 16.8. The van der Waals surface area contributed by atoms with Gasteiger partial charge >= 0.3 is 0 Å². The van der Waals surface area contributed by atoms with Crippen molar-refractivity contribution in [3.8, 4) is 17.2 Å². The van der Waals surface area contributed by atoms with E-state index in [-0.39, 0.29) is 12.3 Å². The summed E-state index contributed by atoms with van der Waals surface area (Å²) in [5.74, 6) is 1.88. The van der Waals surface area contributed by atoms with Crippen LogP contribution in [0.3, 0.4) is 0 Å². The first-order valence-electron chi connectivity index (χ1n) is 8.18. The Kier molecular flexibility index (Phi) is 5.46. The second-order valence-electron chi connectivity index (χ2n) is 5.58. The highest BCUT2D eigenvalue weighted by Crippen LogP contribution is 2.21. The minimum atomic E-state index is -0.104. The topological polar surface area (TPSA) is 64.4 Å². The molecule has 1 N–H and O–H groups in total. The maximum atomic E-state index is 12.1. The number of amides is 1. The van der Waals surface area contributed by atoms with Crippen LogP contribution in [0.5, 0.6) is 5.75 Å². The number of oxazole rings is 1. The third-order valence-electron chi connectivity index (χ3n) is 3.68. The van der Waals surface area contributed by atoms with E-state index in [0.717, 1.165) is 11.3 Å². The second kappa shape index (κ2) is 8.15. The molecule has 3 rings (SSSR count). The molecule has 0 saturated carbocycles. The smallest absolute Gasteiger partial charge is 0.226 e. The van der Waals surface area contributed by atoms with Gasteiger partial charge in [-0.3, -0.25) is 4.79 Å². The summed E-state index contributed by atoms with van der Waals surface area (Å²) in [4.78, 5) is 16.5. The van der Waals surface area contributed by atoms with Gasteiger partial charge < -0.3 is 14.5 Å². The Balaban J connectivity index is 1.49. The van der Waals surface area contributed by atoms with Gasteiger partial charge in [-0.1, -0.05) is 36.4 Å². The molecule has 1 aromatic heterocycles. The van der Waals surface area contributed by atoms with E-state index in [1.807, 2.05) is 67.6 Å². The number of hydrogen-bond donors (Lipinski definition) is 1. The number of rotatable bonds is 7. The molecule has 0 unspecified atom stereocenters. The van der Waals surface area contributed by atoms with Crippen molar-refractivity contribution in [2.24, 2.45) is 0 Å². The monoisotopic (exact) mass is 336 g/mol. The highest BCUT2D eigenvalue weighted by molar-refractivity contribution is 5.78. The molecule has 0 bridgehead atoms. The Hall–Kier alpha value is -3.08. The number of nitrogens with one attached hydrogen (secondary N) is 1. The molecule has 0 aliphatic rings. The van der Waals surface area contributed by atoms with Crippen LogP contribution in [0.15, 0.2) is 65.1 Å². The van der Waals surface area contributed by atoms with Gasteiger partial charge in [0.15, 0.2) is 0 Å². The van der Waals surface area contributed by atoms with Gasteiger partial charge in [0.2, 0.25) is 11.8 Å². The predicted octanol–water partition coefficient (Wildman–Crippen LogP) is 3.39. The number of para-hydroxylation sites is 1. The van der Waals surface area contributed by atoms with E-state index in [1.165, 1.54) is 0 Å². The highest BCUT2D eigenvalue weighted by atomic mass is 16.5. The van der Waals surface area contributed by atoms with Crippen molar-refractivity contribution < 1.29 is 13.9 Å². The van der Waals surface area contributed by atoms with Crippen LogP contribution in [-0.4, -0.2) is 24.0 Å². The normalized spacial score (nSPS) is 10.4. The largest absolute Gasteiger partial charge is 0.492 e. The van der Waals surface area contributed by atoms with Crippen molar-refractivity contribution in [3.05, 3.63) is 72.1 Å². The molecule has 1 heterocycles. The standard InChI is InChI=1S/C20H20N2O3/c1-15-18(22-20(25-15)16-8-4-2-5-9-16)14-19(23)21-12-13-24-17-10-6-3-7-11-17/h2-11H,12-14H2,1H3,(H,21,23). The van der Waals surface area contributed by atoms with Crippen LogP contribution in [0.25, 0.3) is 11.5 Å². The van der Waals surface area contributed by atoms with Crippen molar-refractivity contribution in [2.45, 2.75) is 13.3 Å². The van der Waals surface area contributed by atoms with Crippen LogP contribution in [0, 0.1) is 6.92 Å². The Bertz CT molecular complexity index is 813. The first-order valence-corrected chi connectivity index (χ1v) is 8.18. The number of ether oxygens (including phenoxy) is 1. The molecule has 25 heavy (non-hydrogen) atoms. The lowest BCUT2D eigenvalue weighted by Crippen LogP contribution is -2.29. The van der Waals surface area contributed by atoms with E-state index in [4.69, 9.17) is 9.15 Å². The fourth-order valence-corrected chi connectivity index (χ4v) is 2.39. The molecule has 0 saturated heterocycles. The molecule has 0 aliphatic carbocycles. The number of nitrogens with zero attached hydrogens (tertiary/aromatic N) is 1. The summed E-state index contributed by atoms with van der Waals surface area (Å²) in [7, 11) is 0. The molecule has 0 aliphatic heterocycles. The molecule has 0 spiro atoms. The van der Waals surface area contributed by atoms with Crippen molar-refractivity contribution in [3.63, 3.8) is 0 Å². The van der Waals surface area contributed by atoms with E-state index in [0.29, 0.717) is 30.5 Å². The minimum absolute atomic E-state index is 0.104. The van der Waals surface area contributed by atoms with Crippen molar-refractivity contribution in [1.82, 2.24) is 10.3 Å². The number of hydrogen-bond acceptors (Lipinski definition) is 4. The van der Waals surface area contributed by atoms with E-state index < -0.39 is 0 Å². The van der Waals surface area contributed by atoms with Gasteiger partial charge in [-0.05, 0) is 31.2 Å². The number of carbonyl (C=O) groups is 1. The molecule has 128 valence electrons. The molecule has 5 nitrogen and oxygen atoms in total. The zero-order valence-electron chi connectivity index (χ0n) is 14.1. The molecule has 0 atom stereocenters. The Morgan fingerprint density at radius 2 is 1.76 bits per heavy atom. The fourth-order valence-electron chi connectivity index (χ4n) is 2.39. The summed E-state index contributed by atoms with van der Waals surface area (Å²) in [6, 6.07) is 19.1. The third-order valence-corrected chi connectivity index (χ3v) is 3.68. The lowest BCUT2D eigenvalue weighted by Gasteiger charge is -2.07. The van der Waals surface area contributed by atoms with Crippen LogP contribution in [0.2, 0.25) is 0 Å². The summed E-state index contributed by atoms with van der Waals surface area (Å²) < 4.78 is 11.2. The lowest BCUT2D eigenvalue weighted by atomic mass is 10.2. The van der Waals surface area contributed by atoms with Crippen LogP contribution >= 0.6 is 0 Å². The maximum absolute atomic E-state index is 12.1. The predicted molar refractivity (Wildman–Crippen MR) is 95.3 cm³/mol. The molecule has 1 amide bonds. The van der Waals surface area contributed by atoms with Crippen molar-refractivity contribution in [1.29, 1.82) is 0 Å². The van der Waals surface area contributed by atoms with Gasteiger partial charge in [0.05, 0.1) is 18.7 Å². The second-order valence-corrected chi connectivity index (χ2v) is 5.58. The number of carbonyl (C=O) groups excluding carboxylic acids is 1. The van der Waals surface area contributed by atoms with Crippen LogP contribution in [-0.2, 0) is 11.2 Å². The minimum Gasteiger partial charge on any atom is -0.492 e. The van der Waals surface area contributed by atoms with Gasteiger partial charge in [0.1, 0.15) is 18.1 Å². The van der Waals surface area contributed by atoms with E-state index in [2.05, 4.69) is 10.3 Å². The van der Waals surface area contributed by atoms with Gasteiger partial charge in [-0.2, -0.15) is 0 Å². The average molecular weight is 336 g/mol. The highest BCUT2D eigenvalue weighted by Gasteiger charge is 2.14. The van der Waals surface area contributed by atoms with Gasteiger partial charge in [-0.15, -0.1) is 0 Å². The summed E-state index contributed by atoms with van der Waals surface area (Å²) in [6.45, 7) is 2.68. The molecule has 0 radical (unpaired) electrons. The number of benzene rings is 2. The Morgan fingerprint density at radius 3 is 2.48 bits per heavy atom. The Labute approximate surface area is 146 Å². The van der Waals surface area contributed by atoms with Crippen LogP contribution in [0.4, 0.5) is 0 Å². The molecule has 2 aromatic carbocycles. The number of aromatic nitrogens is 1. The molecular weight excluding hydrogens is 316 g/mol. The van der Waals surface area contributed by atoms with Crippen molar-refractivity contribution >= 4 is 5.91 Å². The summed E-state index contributed by atoms with van der Waals surface area (Å²) >= 11 is 0. The Morgan fingerprint density at radius 1 is 1.08 bits per heavy atom. The molecular formula is C20H20N2O3. The molecule has 5 heteroatoms. The van der Waals surface area contributed by atoms with Gasteiger partial charge in [0.25, 0.3) is 0 Å². The van der Waals surface area contributed by atoms with E-state index in [9.17, 15) is 4.79 Å². The molecule has 3 aromatic rings.